The van der Waals surface area contributed by atoms with Crippen LogP contribution in [0.25, 0.3) is 0 Å². The van der Waals surface area contributed by atoms with Crippen molar-refractivity contribution in [1.29, 1.82) is 5.26 Å². The third-order valence-corrected chi connectivity index (χ3v) is 3.92. The third kappa shape index (κ3) is 4.32. The second-order valence-corrected chi connectivity index (χ2v) is 5.92. The molecule has 0 saturated carbocycles. The zero-order chi connectivity index (χ0) is 16.8. The van der Waals surface area contributed by atoms with Crippen LogP contribution in [0.5, 0.6) is 5.75 Å². The molecular weight excluding hydrogens is 289 g/mol. The Morgan fingerprint density at radius 1 is 1.13 bits per heavy atom. The average molecular weight is 311 g/mol. The van der Waals surface area contributed by atoms with E-state index >= 15 is 0 Å². The number of halogens is 1. The topological polar surface area (TPSA) is 33.0 Å². The number of rotatable bonds is 6. The molecule has 1 atom stereocenters. The Bertz CT molecular complexity index is 695. The van der Waals surface area contributed by atoms with Crippen molar-refractivity contribution < 1.29 is 9.13 Å². The van der Waals surface area contributed by atoms with Crippen LogP contribution in [0.1, 0.15) is 41.0 Å². The first-order chi connectivity index (χ1) is 11.0. The molecule has 3 heteroatoms. The van der Waals surface area contributed by atoms with Gasteiger partial charge in [0, 0.05) is 5.56 Å². The summed E-state index contributed by atoms with van der Waals surface area (Å²) >= 11 is 0. The van der Waals surface area contributed by atoms with Gasteiger partial charge in [0.1, 0.15) is 11.6 Å². The quantitative estimate of drug-likeness (QED) is 0.685. The van der Waals surface area contributed by atoms with E-state index < -0.39 is 5.92 Å². The zero-order valence-electron chi connectivity index (χ0n) is 13.9. The SMILES string of the molecule is Cc1cc(C)c(OCCCC(C#N)c2ccccc2F)c(C)c1. The minimum absolute atomic E-state index is 0.315. The maximum atomic E-state index is 13.8. The Balaban J connectivity index is 1.93. The van der Waals surface area contributed by atoms with Crippen molar-refractivity contribution in [2.75, 3.05) is 6.61 Å². The molecule has 0 N–H and O–H groups in total. The molecule has 2 aromatic rings. The Kier molecular flexibility index (Phi) is 5.76. The second-order valence-electron chi connectivity index (χ2n) is 5.92. The van der Waals surface area contributed by atoms with Crippen LogP contribution < -0.4 is 4.74 Å². The molecule has 0 aliphatic heterocycles. The summed E-state index contributed by atoms with van der Waals surface area (Å²) in [6.45, 7) is 6.66. The van der Waals surface area contributed by atoms with Crippen LogP contribution in [0.2, 0.25) is 0 Å². The van der Waals surface area contributed by atoms with Crippen molar-refractivity contribution in [2.24, 2.45) is 0 Å². The van der Waals surface area contributed by atoms with Gasteiger partial charge in [0.05, 0.1) is 18.6 Å². The van der Waals surface area contributed by atoms with Gasteiger partial charge in [0.15, 0.2) is 0 Å². The molecule has 0 fully saturated rings. The van der Waals surface area contributed by atoms with E-state index in [1.165, 1.54) is 11.6 Å². The van der Waals surface area contributed by atoms with Crippen LogP contribution in [-0.4, -0.2) is 6.61 Å². The normalized spacial score (nSPS) is 11.8. The van der Waals surface area contributed by atoms with Crippen molar-refractivity contribution in [3.8, 4) is 11.8 Å². The summed E-state index contributed by atoms with van der Waals surface area (Å²) in [5.74, 6) is 0.167. The predicted octanol–water partition coefficient (Wildman–Crippen LogP) is 5.22. The van der Waals surface area contributed by atoms with Gasteiger partial charge >= 0.3 is 0 Å². The van der Waals surface area contributed by atoms with E-state index in [1.54, 1.807) is 18.2 Å². The lowest BCUT2D eigenvalue weighted by Gasteiger charge is -2.14. The molecular formula is C20H22FNO. The van der Waals surface area contributed by atoms with E-state index in [1.807, 2.05) is 13.8 Å². The Labute approximate surface area is 137 Å². The minimum atomic E-state index is -0.431. The van der Waals surface area contributed by atoms with Crippen molar-refractivity contribution in [2.45, 2.75) is 39.5 Å². The fraction of sp³-hybridized carbons (Fsp3) is 0.350. The summed E-state index contributed by atoms with van der Waals surface area (Å²) in [7, 11) is 0. The molecule has 0 aliphatic rings. The highest BCUT2D eigenvalue weighted by molar-refractivity contribution is 5.42. The van der Waals surface area contributed by atoms with Crippen LogP contribution in [0.3, 0.4) is 0 Å². The zero-order valence-corrected chi connectivity index (χ0v) is 13.9. The molecule has 0 saturated heterocycles. The molecule has 0 radical (unpaired) electrons. The Morgan fingerprint density at radius 3 is 2.39 bits per heavy atom. The van der Waals surface area contributed by atoms with Crippen LogP contribution >= 0.6 is 0 Å². The van der Waals surface area contributed by atoms with Crippen LogP contribution in [-0.2, 0) is 0 Å². The summed E-state index contributed by atoms with van der Waals surface area (Å²) in [5, 5.41) is 9.28. The molecule has 1 unspecified atom stereocenters. The van der Waals surface area contributed by atoms with Gasteiger partial charge in [0.2, 0.25) is 0 Å². The number of nitrogens with zero attached hydrogens (tertiary/aromatic N) is 1. The van der Waals surface area contributed by atoms with Crippen LogP contribution in [0, 0.1) is 37.9 Å². The lowest BCUT2D eigenvalue weighted by Crippen LogP contribution is -2.05. The third-order valence-electron chi connectivity index (χ3n) is 3.92. The largest absolute Gasteiger partial charge is 0.493 e. The van der Waals surface area contributed by atoms with E-state index in [2.05, 4.69) is 25.1 Å². The molecule has 0 spiro atoms. The molecule has 2 nitrogen and oxygen atoms in total. The van der Waals surface area contributed by atoms with Crippen molar-refractivity contribution in [3.05, 3.63) is 64.5 Å². The Morgan fingerprint density at radius 2 is 1.78 bits per heavy atom. The van der Waals surface area contributed by atoms with E-state index in [4.69, 9.17) is 4.74 Å². The molecule has 23 heavy (non-hydrogen) atoms. The molecule has 2 rings (SSSR count). The van der Waals surface area contributed by atoms with E-state index in [0.29, 0.717) is 25.0 Å². The molecule has 0 aliphatic carbocycles. The summed E-state index contributed by atoms with van der Waals surface area (Å²) in [4.78, 5) is 0. The van der Waals surface area contributed by atoms with Gasteiger partial charge in [-0.25, -0.2) is 4.39 Å². The summed E-state index contributed by atoms with van der Waals surface area (Å²) in [6, 6.07) is 12.9. The lowest BCUT2D eigenvalue weighted by atomic mass is 9.95. The molecule has 0 amide bonds. The molecule has 2 aromatic carbocycles. The number of benzene rings is 2. The number of nitriles is 1. The molecule has 0 heterocycles. The van der Waals surface area contributed by atoms with E-state index in [-0.39, 0.29) is 5.82 Å². The van der Waals surface area contributed by atoms with Gasteiger partial charge in [0.25, 0.3) is 0 Å². The van der Waals surface area contributed by atoms with Gasteiger partial charge in [-0.3, -0.25) is 0 Å². The van der Waals surface area contributed by atoms with Gasteiger partial charge in [-0.1, -0.05) is 35.9 Å². The van der Waals surface area contributed by atoms with Crippen LogP contribution in [0.15, 0.2) is 36.4 Å². The first-order valence-electron chi connectivity index (χ1n) is 7.87. The highest BCUT2D eigenvalue weighted by Crippen LogP contribution is 2.26. The first-order valence-corrected chi connectivity index (χ1v) is 7.87. The smallest absolute Gasteiger partial charge is 0.127 e. The monoisotopic (exact) mass is 311 g/mol. The summed E-state index contributed by atoms with van der Waals surface area (Å²) < 4.78 is 19.6. The maximum absolute atomic E-state index is 13.8. The molecule has 0 bridgehead atoms. The summed E-state index contributed by atoms with van der Waals surface area (Å²) in [6.07, 6.45) is 1.29. The lowest BCUT2D eigenvalue weighted by molar-refractivity contribution is 0.300. The van der Waals surface area contributed by atoms with Gasteiger partial charge in [-0.05, 0) is 50.8 Å². The average Bonchev–Trinajstić information content (AvgIpc) is 2.50. The van der Waals surface area contributed by atoms with Crippen molar-refractivity contribution in [1.82, 2.24) is 0 Å². The molecule has 0 aromatic heterocycles. The van der Waals surface area contributed by atoms with Crippen molar-refractivity contribution >= 4 is 0 Å². The predicted molar refractivity (Wildman–Crippen MR) is 90.1 cm³/mol. The van der Waals surface area contributed by atoms with Crippen molar-refractivity contribution in [3.63, 3.8) is 0 Å². The number of ether oxygens (including phenoxy) is 1. The van der Waals surface area contributed by atoms with Crippen LogP contribution in [0.4, 0.5) is 4.39 Å². The van der Waals surface area contributed by atoms with Gasteiger partial charge in [-0.15, -0.1) is 0 Å². The number of hydrogen-bond donors (Lipinski definition) is 0. The van der Waals surface area contributed by atoms with E-state index in [9.17, 15) is 9.65 Å². The number of aryl methyl sites for hydroxylation is 3. The molecule has 120 valence electrons. The van der Waals surface area contributed by atoms with Gasteiger partial charge in [-0.2, -0.15) is 5.26 Å². The Hall–Kier alpha value is -2.34. The number of hydrogen-bond acceptors (Lipinski definition) is 2. The first kappa shape index (κ1) is 17.0. The van der Waals surface area contributed by atoms with E-state index in [0.717, 1.165) is 16.9 Å². The van der Waals surface area contributed by atoms with Gasteiger partial charge < -0.3 is 4.74 Å². The fourth-order valence-electron chi connectivity index (χ4n) is 2.90. The standard InChI is InChI=1S/C20H22FNO/c1-14-11-15(2)20(16(3)12-14)23-10-6-7-17(13-22)18-8-4-5-9-19(18)21/h4-5,8-9,11-12,17H,6-7,10H2,1-3H3. The fourth-order valence-corrected chi connectivity index (χ4v) is 2.90. The maximum Gasteiger partial charge on any atom is 0.127 e. The highest BCUT2D eigenvalue weighted by Gasteiger charge is 2.14. The highest BCUT2D eigenvalue weighted by atomic mass is 19.1. The minimum Gasteiger partial charge on any atom is -0.493 e. The second kappa shape index (κ2) is 7.78. The summed E-state index contributed by atoms with van der Waals surface area (Å²) in [5.41, 5.74) is 3.93.